The molecular weight excluding hydrogens is 298 g/mol. The van der Waals surface area contributed by atoms with Crippen LogP contribution in [0.15, 0.2) is 36.5 Å². The minimum absolute atomic E-state index is 0.0617. The predicted octanol–water partition coefficient (Wildman–Crippen LogP) is 2.81. The standard InChI is InChI=1S/C16H15N3O2S/c20-15(9-19-7-5-11-3-1-2-4-13(11)19)18-16-17-12-6-8-21-10-14(12)22-16/h1-5,7H,6,8-10H2,(H,17,18,20). The summed E-state index contributed by atoms with van der Waals surface area (Å²) in [5.74, 6) is -0.0617. The van der Waals surface area contributed by atoms with Crippen LogP contribution in [0.5, 0.6) is 0 Å². The smallest absolute Gasteiger partial charge is 0.246 e. The molecule has 0 radical (unpaired) electrons. The summed E-state index contributed by atoms with van der Waals surface area (Å²) in [6.45, 7) is 1.60. The number of hydrogen-bond donors (Lipinski definition) is 1. The molecule has 6 heteroatoms. The molecule has 4 rings (SSSR count). The lowest BCUT2D eigenvalue weighted by molar-refractivity contribution is -0.116. The molecule has 1 aliphatic heterocycles. The Morgan fingerprint density at radius 2 is 2.27 bits per heavy atom. The maximum Gasteiger partial charge on any atom is 0.246 e. The number of ether oxygens (including phenoxy) is 1. The van der Waals surface area contributed by atoms with Crippen LogP contribution in [0.4, 0.5) is 5.13 Å². The lowest BCUT2D eigenvalue weighted by atomic mass is 10.2. The number of amides is 1. The number of benzene rings is 1. The van der Waals surface area contributed by atoms with Crippen molar-refractivity contribution >= 4 is 33.3 Å². The molecule has 1 aliphatic rings. The second-order valence-electron chi connectivity index (χ2n) is 5.24. The Balaban J connectivity index is 1.49. The average molecular weight is 313 g/mol. The Morgan fingerprint density at radius 3 is 3.18 bits per heavy atom. The third-order valence-corrected chi connectivity index (χ3v) is 4.72. The minimum Gasteiger partial charge on any atom is -0.375 e. The Kier molecular flexibility index (Phi) is 3.40. The van der Waals surface area contributed by atoms with E-state index in [0.717, 1.165) is 27.9 Å². The first kappa shape index (κ1) is 13.5. The van der Waals surface area contributed by atoms with Crippen LogP contribution in [0.3, 0.4) is 0 Å². The van der Waals surface area contributed by atoms with Crippen molar-refractivity contribution in [3.8, 4) is 0 Å². The van der Waals surface area contributed by atoms with Gasteiger partial charge in [-0.2, -0.15) is 0 Å². The van der Waals surface area contributed by atoms with Gasteiger partial charge in [-0.1, -0.05) is 29.5 Å². The molecule has 0 bridgehead atoms. The Hall–Kier alpha value is -2.18. The van der Waals surface area contributed by atoms with Gasteiger partial charge in [0.25, 0.3) is 0 Å². The highest BCUT2D eigenvalue weighted by Gasteiger charge is 2.17. The molecule has 1 aromatic carbocycles. The fraction of sp³-hybridized carbons (Fsp3) is 0.250. The van der Waals surface area contributed by atoms with Crippen molar-refractivity contribution in [2.24, 2.45) is 0 Å². The fourth-order valence-corrected chi connectivity index (χ4v) is 3.63. The van der Waals surface area contributed by atoms with Gasteiger partial charge >= 0.3 is 0 Å². The molecular formula is C16H15N3O2S. The molecule has 22 heavy (non-hydrogen) atoms. The summed E-state index contributed by atoms with van der Waals surface area (Å²) in [5.41, 5.74) is 2.11. The van der Waals surface area contributed by atoms with Crippen LogP contribution in [0.25, 0.3) is 10.9 Å². The minimum atomic E-state index is -0.0617. The van der Waals surface area contributed by atoms with Crippen LogP contribution in [0.2, 0.25) is 0 Å². The average Bonchev–Trinajstić information content (AvgIpc) is 3.11. The normalized spacial score (nSPS) is 14.0. The summed E-state index contributed by atoms with van der Waals surface area (Å²) in [6.07, 6.45) is 2.76. The molecule has 0 atom stereocenters. The number of rotatable bonds is 3. The zero-order valence-electron chi connectivity index (χ0n) is 11.9. The number of nitrogens with zero attached hydrogens (tertiary/aromatic N) is 2. The Morgan fingerprint density at radius 1 is 1.36 bits per heavy atom. The number of hydrogen-bond acceptors (Lipinski definition) is 4. The van der Waals surface area contributed by atoms with Gasteiger partial charge in [0.1, 0.15) is 6.54 Å². The van der Waals surface area contributed by atoms with Crippen molar-refractivity contribution in [2.45, 2.75) is 19.6 Å². The maximum atomic E-state index is 12.2. The van der Waals surface area contributed by atoms with Crippen LogP contribution < -0.4 is 5.32 Å². The van der Waals surface area contributed by atoms with Crippen molar-refractivity contribution in [3.05, 3.63) is 47.1 Å². The molecule has 3 heterocycles. The van der Waals surface area contributed by atoms with E-state index < -0.39 is 0 Å². The molecule has 0 unspecified atom stereocenters. The molecule has 112 valence electrons. The van der Waals surface area contributed by atoms with Gasteiger partial charge in [-0.15, -0.1) is 0 Å². The zero-order valence-corrected chi connectivity index (χ0v) is 12.7. The molecule has 0 aliphatic carbocycles. The number of thiazole rings is 1. The number of aromatic nitrogens is 2. The number of carbonyl (C=O) groups is 1. The first-order valence-electron chi connectivity index (χ1n) is 7.19. The fourth-order valence-electron chi connectivity index (χ4n) is 2.67. The van der Waals surface area contributed by atoms with Gasteiger partial charge in [-0.05, 0) is 17.5 Å². The van der Waals surface area contributed by atoms with E-state index in [4.69, 9.17) is 4.74 Å². The van der Waals surface area contributed by atoms with E-state index in [2.05, 4.69) is 10.3 Å². The molecule has 1 amide bonds. The molecule has 0 spiro atoms. The van der Waals surface area contributed by atoms with Gasteiger partial charge in [0, 0.05) is 18.1 Å². The summed E-state index contributed by atoms with van der Waals surface area (Å²) < 4.78 is 7.35. The Labute approximate surface area is 131 Å². The second kappa shape index (κ2) is 5.55. The first-order valence-corrected chi connectivity index (χ1v) is 8.01. The highest BCUT2D eigenvalue weighted by atomic mass is 32.1. The summed E-state index contributed by atoms with van der Waals surface area (Å²) in [5, 5.41) is 4.69. The van der Waals surface area contributed by atoms with Gasteiger partial charge < -0.3 is 14.6 Å². The van der Waals surface area contributed by atoms with E-state index in [1.807, 2.05) is 41.1 Å². The number of fused-ring (bicyclic) bond motifs is 2. The molecule has 0 fully saturated rings. The van der Waals surface area contributed by atoms with Crippen LogP contribution in [-0.4, -0.2) is 22.1 Å². The van der Waals surface area contributed by atoms with Crippen molar-refractivity contribution in [1.82, 2.24) is 9.55 Å². The number of para-hydroxylation sites is 1. The van der Waals surface area contributed by atoms with Gasteiger partial charge in [0.2, 0.25) is 5.91 Å². The lowest BCUT2D eigenvalue weighted by Gasteiger charge is -2.08. The van der Waals surface area contributed by atoms with Crippen molar-refractivity contribution in [1.29, 1.82) is 0 Å². The maximum absolute atomic E-state index is 12.2. The van der Waals surface area contributed by atoms with Crippen molar-refractivity contribution in [3.63, 3.8) is 0 Å². The molecule has 0 saturated heterocycles. The van der Waals surface area contributed by atoms with Crippen LogP contribution >= 0.6 is 11.3 Å². The van der Waals surface area contributed by atoms with Crippen molar-refractivity contribution < 1.29 is 9.53 Å². The summed E-state index contributed by atoms with van der Waals surface area (Å²) in [4.78, 5) is 17.8. The second-order valence-corrected chi connectivity index (χ2v) is 6.33. The number of anilines is 1. The lowest BCUT2D eigenvalue weighted by Crippen LogP contribution is -2.18. The Bertz CT molecular complexity index is 813. The topological polar surface area (TPSA) is 56.2 Å². The third-order valence-electron chi connectivity index (χ3n) is 3.74. The van der Waals surface area contributed by atoms with E-state index >= 15 is 0 Å². The molecule has 5 nitrogen and oxygen atoms in total. The van der Waals surface area contributed by atoms with Crippen LogP contribution in [0.1, 0.15) is 10.6 Å². The van der Waals surface area contributed by atoms with E-state index in [1.165, 1.54) is 11.3 Å². The monoisotopic (exact) mass is 313 g/mol. The quantitative estimate of drug-likeness (QED) is 0.809. The summed E-state index contributed by atoms with van der Waals surface area (Å²) in [7, 11) is 0. The predicted molar refractivity (Wildman–Crippen MR) is 86.0 cm³/mol. The summed E-state index contributed by atoms with van der Waals surface area (Å²) in [6, 6.07) is 10.0. The van der Waals surface area contributed by atoms with E-state index in [-0.39, 0.29) is 12.5 Å². The number of carbonyl (C=O) groups excluding carboxylic acids is 1. The highest BCUT2D eigenvalue weighted by Crippen LogP contribution is 2.27. The van der Waals surface area contributed by atoms with Gasteiger partial charge in [-0.3, -0.25) is 4.79 Å². The van der Waals surface area contributed by atoms with E-state index in [1.54, 1.807) is 0 Å². The van der Waals surface area contributed by atoms with Gasteiger partial charge in [0.05, 0.1) is 23.8 Å². The van der Waals surface area contributed by atoms with Crippen LogP contribution in [0, 0.1) is 0 Å². The largest absolute Gasteiger partial charge is 0.375 e. The van der Waals surface area contributed by atoms with E-state index in [0.29, 0.717) is 18.3 Å². The zero-order chi connectivity index (χ0) is 14.9. The first-order chi connectivity index (χ1) is 10.8. The number of nitrogens with one attached hydrogen (secondary N) is 1. The van der Waals surface area contributed by atoms with Crippen molar-refractivity contribution in [2.75, 3.05) is 11.9 Å². The highest BCUT2D eigenvalue weighted by molar-refractivity contribution is 7.15. The van der Waals surface area contributed by atoms with Crippen LogP contribution in [-0.2, 0) is 29.1 Å². The summed E-state index contributed by atoms with van der Waals surface area (Å²) >= 11 is 1.50. The molecule has 2 aromatic heterocycles. The van der Waals surface area contributed by atoms with E-state index in [9.17, 15) is 4.79 Å². The SMILES string of the molecule is O=C(Cn1ccc2ccccc21)Nc1nc2c(s1)COCC2. The molecule has 1 N–H and O–H groups in total. The van der Waals surface area contributed by atoms with Gasteiger partial charge in [0.15, 0.2) is 5.13 Å². The van der Waals surface area contributed by atoms with Gasteiger partial charge in [-0.25, -0.2) is 4.98 Å². The molecule has 3 aromatic rings. The molecule has 0 saturated carbocycles. The third kappa shape index (κ3) is 2.51.